The smallest absolute Gasteiger partial charge is 0.126 e. The molecule has 0 radical (unpaired) electrons. The molecule has 1 unspecified atom stereocenters. The van der Waals surface area contributed by atoms with E-state index in [4.69, 9.17) is 17.3 Å². The van der Waals surface area contributed by atoms with Crippen molar-refractivity contribution in [2.24, 2.45) is 5.73 Å². The van der Waals surface area contributed by atoms with Crippen molar-refractivity contribution in [1.29, 1.82) is 0 Å². The molecular formula is C14H12ClF2N. The molecule has 2 N–H and O–H groups in total. The summed E-state index contributed by atoms with van der Waals surface area (Å²) in [4.78, 5) is 0. The first-order chi connectivity index (χ1) is 8.49. The van der Waals surface area contributed by atoms with Crippen LogP contribution in [0.25, 0.3) is 0 Å². The van der Waals surface area contributed by atoms with Crippen LogP contribution in [0.1, 0.15) is 22.7 Å². The van der Waals surface area contributed by atoms with Crippen molar-refractivity contribution >= 4 is 11.6 Å². The fourth-order valence-electron chi connectivity index (χ4n) is 1.74. The summed E-state index contributed by atoms with van der Waals surface area (Å²) >= 11 is 5.97. The summed E-state index contributed by atoms with van der Waals surface area (Å²) in [5, 5.41) is 0.366. The summed E-state index contributed by atoms with van der Waals surface area (Å²) < 4.78 is 26.7. The van der Waals surface area contributed by atoms with Crippen LogP contribution in [0.2, 0.25) is 5.02 Å². The summed E-state index contributed by atoms with van der Waals surface area (Å²) in [7, 11) is 0. The Balaban J connectivity index is 2.44. The third-order valence-electron chi connectivity index (χ3n) is 2.85. The van der Waals surface area contributed by atoms with Crippen molar-refractivity contribution in [3.8, 4) is 0 Å². The third-order valence-corrected chi connectivity index (χ3v) is 3.19. The number of aryl methyl sites for hydroxylation is 1. The number of hydrogen-bond donors (Lipinski definition) is 1. The molecule has 0 bridgehead atoms. The molecule has 0 amide bonds. The lowest BCUT2D eigenvalue weighted by Gasteiger charge is -2.15. The predicted octanol–water partition coefficient (Wildman–Crippen LogP) is 3.97. The van der Waals surface area contributed by atoms with Crippen LogP contribution in [0, 0.1) is 18.6 Å². The summed E-state index contributed by atoms with van der Waals surface area (Å²) in [6.45, 7) is 1.67. The van der Waals surface area contributed by atoms with Crippen molar-refractivity contribution in [1.82, 2.24) is 0 Å². The van der Waals surface area contributed by atoms with Gasteiger partial charge in [-0.3, -0.25) is 0 Å². The van der Waals surface area contributed by atoms with Gasteiger partial charge in [-0.05, 0) is 47.9 Å². The van der Waals surface area contributed by atoms with Crippen LogP contribution in [0.4, 0.5) is 8.78 Å². The average molecular weight is 268 g/mol. The zero-order chi connectivity index (χ0) is 13.3. The van der Waals surface area contributed by atoms with Gasteiger partial charge < -0.3 is 5.73 Å². The molecular weight excluding hydrogens is 256 g/mol. The van der Waals surface area contributed by atoms with E-state index >= 15 is 0 Å². The van der Waals surface area contributed by atoms with E-state index in [1.54, 1.807) is 19.1 Å². The third kappa shape index (κ3) is 2.52. The van der Waals surface area contributed by atoms with Crippen molar-refractivity contribution < 1.29 is 8.78 Å². The SMILES string of the molecule is Cc1ccc(C(N)c2cc(F)ccc2Cl)cc1F. The molecule has 1 atom stereocenters. The minimum Gasteiger partial charge on any atom is -0.320 e. The van der Waals surface area contributed by atoms with Crippen LogP contribution < -0.4 is 5.73 Å². The number of nitrogens with two attached hydrogens (primary N) is 1. The van der Waals surface area contributed by atoms with Gasteiger partial charge in [-0.25, -0.2) is 8.78 Å². The molecule has 1 nitrogen and oxygen atoms in total. The maximum Gasteiger partial charge on any atom is 0.126 e. The molecule has 0 fully saturated rings. The highest BCUT2D eigenvalue weighted by atomic mass is 35.5. The molecule has 0 aliphatic rings. The number of rotatable bonds is 2. The second-order valence-electron chi connectivity index (χ2n) is 4.15. The van der Waals surface area contributed by atoms with Gasteiger partial charge in [-0.1, -0.05) is 23.7 Å². The van der Waals surface area contributed by atoms with Gasteiger partial charge in [-0.15, -0.1) is 0 Å². The first kappa shape index (κ1) is 13.0. The zero-order valence-corrected chi connectivity index (χ0v) is 10.5. The largest absolute Gasteiger partial charge is 0.320 e. The monoisotopic (exact) mass is 267 g/mol. The fraction of sp³-hybridized carbons (Fsp3) is 0.143. The van der Waals surface area contributed by atoms with Crippen LogP contribution in [-0.2, 0) is 0 Å². The van der Waals surface area contributed by atoms with E-state index in [2.05, 4.69) is 0 Å². The second-order valence-corrected chi connectivity index (χ2v) is 4.56. The van der Waals surface area contributed by atoms with E-state index in [0.717, 1.165) is 0 Å². The Labute approximate surface area is 109 Å². The summed E-state index contributed by atoms with van der Waals surface area (Å²) in [5.41, 5.74) is 7.53. The van der Waals surface area contributed by atoms with Gasteiger partial charge in [0.05, 0.1) is 6.04 Å². The van der Waals surface area contributed by atoms with E-state index in [9.17, 15) is 8.78 Å². The summed E-state index contributed by atoms with van der Waals surface area (Å²) in [6, 6.07) is 8.02. The number of halogens is 3. The first-order valence-electron chi connectivity index (χ1n) is 5.45. The van der Waals surface area contributed by atoms with Crippen LogP contribution in [0.3, 0.4) is 0 Å². The molecule has 0 spiro atoms. The van der Waals surface area contributed by atoms with Crippen molar-refractivity contribution in [3.05, 3.63) is 69.7 Å². The average Bonchev–Trinajstić information content (AvgIpc) is 2.35. The number of benzene rings is 2. The highest BCUT2D eigenvalue weighted by Gasteiger charge is 2.14. The Bertz CT molecular complexity index is 584. The summed E-state index contributed by atoms with van der Waals surface area (Å²) in [6.07, 6.45) is 0. The standard InChI is InChI=1S/C14H12ClF2N/c1-8-2-3-9(6-13(8)17)14(18)11-7-10(16)4-5-12(11)15/h2-7,14H,18H2,1H3. The molecule has 0 aromatic heterocycles. The Hall–Kier alpha value is -1.45. The minimum atomic E-state index is -0.650. The van der Waals surface area contributed by atoms with Crippen molar-refractivity contribution in [3.63, 3.8) is 0 Å². The molecule has 0 heterocycles. The van der Waals surface area contributed by atoms with E-state index in [1.807, 2.05) is 0 Å². The Morgan fingerprint density at radius 3 is 2.50 bits per heavy atom. The number of hydrogen-bond acceptors (Lipinski definition) is 1. The molecule has 0 aliphatic carbocycles. The maximum absolute atomic E-state index is 13.5. The second kappa shape index (κ2) is 5.04. The Morgan fingerprint density at radius 2 is 1.83 bits per heavy atom. The van der Waals surface area contributed by atoms with Crippen LogP contribution in [0.5, 0.6) is 0 Å². The molecule has 2 rings (SSSR count). The van der Waals surface area contributed by atoms with Gasteiger partial charge in [0.1, 0.15) is 11.6 Å². The van der Waals surface area contributed by atoms with Gasteiger partial charge in [-0.2, -0.15) is 0 Å². The molecule has 4 heteroatoms. The zero-order valence-electron chi connectivity index (χ0n) is 9.75. The fourth-order valence-corrected chi connectivity index (χ4v) is 1.97. The molecule has 18 heavy (non-hydrogen) atoms. The van der Waals surface area contributed by atoms with Crippen molar-refractivity contribution in [2.45, 2.75) is 13.0 Å². The van der Waals surface area contributed by atoms with Gasteiger partial charge in [0, 0.05) is 5.02 Å². The molecule has 94 valence electrons. The highest BCUT2D eigenvalue weighted by Crippen LogP contribution is 2.28. The molecule has 2 aromatic rings. The topological polar surface area (TPSA) is 26.0 Å². The first-order valence-corrected chi connectivity index (χ1v) is 5.83. The lowest BCUT2D eigenvalue weighted by Crippen LogP contribution is -2.13. The van der Waals surface area contributed by atoms with E-state index in [0.29, 0.717) is 21.7 Å². The van der Waals surface area contributed by atoms with E-state index in [1.165, 1.54) is 24.3 Å². The normalized spacial score (nSPS) is 12.5. The predicted molar refractivity (Wildman–Crippen MR) is 68.6 cm³/mol. The summed E-state index contributed by atoms with van der Waals surface area (Å²) in [5.74, 6) is -0.757. The van der Waals surface area contributed by atoms with E-state index in [-0.39, 0.29) is 5.82 Å². The molecule has 0 saturated heterocycles. The highest BCUT2D eigenvalue weighted by molar-refractivity contribution is 6.31. The quantitative estimate of drug-likeness (QED) is 0.875. The lowest BCUT2D eigenvalue weighted by molar-refractivity contribution is 0.613. The van der Waals surface area contributed by atoms with Gasteiger partial charge in [0.25, 0.3) is 0 Å². The van der Waals surface area contributed by atoms with E-state index < -0.39 is 11.9 Å². The van der Waals surface area contributed by atoms with Crippen LogP contribution >= 0.6 is 11.6 Å². The Kier molecular flexibility index (Phi) is 3.64. The molecule has 0 aliphatic heterocycles. The molecule has 0 saturated carbocycles. The van der Waals surface area contributed by atoms with Crippen LogP contribution in [-0.4, -0.2) is 0 Å². The van der Waals surface area contributed by atoms with Gasteiger partial charge in [0.15, 0.2) is 0 Å². The Morgan fingerprint density at radius 1 is 1.11 bits per heavy atom. The van der Waals surface area contributed by atoms with Crippen LogP contribution in [0.15, 0.2) is 36.4 Å². The lowest BCUT2D eigenvalue weighted by atomic mass is 9.98. The minimum absolute atomic E-state index is 0.338. The van der Waals surface area contributed by atoms with Gasteiger partial charge >= 0.3 is 0 Å². The van der Waals surface area contributed by atoms with Crippen molar-refractivity contribution in [2.75, 3.05) is 0 Å². The van der Waals surface area contributed by atoms with Gasteiger partial charge in [0.2, 0.25) is 0 Å². The maximum atomic E-state index is 13.5. The molecule has 2 aromatic carbocycles.